The lowest BCUT2D eigenvalue weighted by molar-refractivity contribution is -0.991. The number of hydrogen-bond acceptors (Lipinski definition) is 9. The van der Waals surface area contributed by atoms with Crippen LogP contribution in [0, 0.1) is 10.4 Å². The molecular formula is C42H59Cl2N6O9S2+. The van der Waals surface area contributed by atoms with Crippen molar-refractivity contribution in [2.24, 2.45) is 0 Å². The molecule has 2 aliphatic carbocycles. The zero-order chi connectivity index (χ0) is 43.7. The monoisotopic (exact) mass is 925 g/mol. The third kappa shape index (κ3) is 16.4. The molecule has 2 aliphatic rings. The average Bonchev–Trinajstić information content (AvgIpc) is 3.90. The minimum absolute atomic E-state index is 0. The van der Waals surface area contributed by atoms with Crippen LogP contribution in [0.15, 0.2) is 107 Å². The van der Waals surface area contributed by atoms with Crippen molar-refractivity contribution in [2.45, 2.75) is 98.2 Å². The van der Waals surface area contributed by atoms with Gasteiger partial charge in [0.25, 0.3) is 6.79 Å². The number of nitrogens with two attached hydrogens (primary N) is 1. The summed E-state index contributed by atoms with van der Waals surface area (Å²) in [6.45, 7) is 3.96. The van der Waals surface area contributed by atoms with E-state index in [9.17, 15) is 27.3 Å². The van der Waals surface area contributed by atoms with E-state index in [1.54, 1.807) is 0 Å². The second-order valence-corrected chi connectivity index (χ2v) is 19.2. The van der Waals surface area contributed by atoms with E-state index < -0.39 is 25.3 Å². The molecule has 336 valence electrons. The van der Waals surface area contributed by atoms with Gasteiger partial charge in [-0.3, -0.25) is 4.79 Å². The maximum Gasteiger partial charge on any atom is 0.270 e. The summed E-state index contributed by atoms with van der Waals surface area (Å²) in [6.07, 6.45) is 9.33. The van der Waals surface area contributed by atoms with Crippen LogP contribution in [0.4, 0.5) is 11.4 Å². The smallest absolute Gasteiger partial charge is 0.270 e. The van der Waals surface area contributed by atoms with Gasteiger partial charge >= 0.3 is 0 Å². The Morgan fingerprint density at radius 3 is 1.72 bits per heavy atom. The molecule has 2 fully saturated rings. The van der Waals surface area contributed by atoms with Gasteiger partial charge in [-0.25, -0.2) is 31.5 Å². The number of nitrogens with one attached hydrogen (secondary N) is 4. The van der Waals surface area contributed by atoms with Gasteiger partial charge in [0, 0.05) is 58.5 Å². The molecule has 15 nitrogen and oxygen atoms in total. The van der Waals surface area contributed by atoms with Crippen molar-refractivity contribution in [3.8, 4) is 0 Å². The molecular weight excluding hydrogens is 868 g/mol. The lowest BCUT2D eigenvalue weighted by atomic mass is 10.1. The average molecular weight is 927 g/mol. The first kappa shape index (κ1) is 52.0. The summed E-state index contributed by atoms with van der Waals surface area (Å²) in [5, 5.41) is 34.6. The van der Waals surface area contributed by atoms with Crippen molar-refractivity contribution in [2.75, 3.05) is 20.1 Å². The van der Waals surface area contributed by atoms with Gasteiger partial charge in [-0.05, 0) is 131 Å². The second-order valence-electron chi connectivity index (χ2n) is 14.9. The zero-order valence-electron chi connectivity index (χ0n) is 34.2. The van der Waals surface area contributed by atoms with Gasteiger partial charge in [-0.1, -0.05) is 60.3 Å². The lowest BCUT2D eigenvalue weighted by Gasteiger charge is -2.30. The number of carbonyl (C=O) groups excluding carboxylic acids is 1. The van der Waals surface area contributed by atoms with Gasteiger partial charge in [0.1, 0.15) is 5.69 Å². The molecule has 4 aromatic rings. The molecule has 19 heteroatoms. The molecule has 10 N–H and O–H groups in total. The third-order valence-electron chi connectivity index (χ3n) is 10.8. The van der Waals surface area contributed by atoms with E-state index in [0.29, 0.717) is 11.2 Å². The molecule has 1 unspecified atom stereocenters. The zero-order valence-corrected chi connectivity index (χ0v) is 37.3. The van der Waals surface area contributed by atoms with E-state index in [1.807, 2.05) is 55.6 Å². The summed E-state index contributed by atoms with van der Waals surface area (Å²) in [4.78, 5) is 9.26. The number of quaternary nitrogens is 2. The van der Waals surface area contributed by atoms with Crippen LogP contribution in [0.25, 0.3) is 0 Å². The van der Waals surface area contributed by atoms with Crippen LogP contribution in [0.2, 0.25) is 10.0 Å². The third-order valence-corrected chi connectivity index (χ3v) is 14.3. The van der Waals surface area contributed by atoms with Gasteiger partial charge in [0.15, 0.2) is 5.69 Å². The number of nitrogens with zero attached hydrogens (tertiary/aromatic N) is 1. The molecule has 4 aromatic carbocycles. The topological polar surface area (TPSA) is 248 Å². The Bertz CT molecular complexity index is 2100. The van der Waals surface area contributed by atoms with E-state index in [4.69, 9.17) is 33.2 Å². The highest BCUT2D eigenvalue weighted by molar-refractivity contribution is 7.89. The molecule has 0 aromatic heterocycles. The largest absolute Gasteiger partial charge is 0.630 e. The fraction of sp³-hybridized carbons (Fsp3) is 0.405. The fourth-order valence-electron chi connectivity index (χ4n) is 7.57. The summed E-state index contributed by atoms with van der Waals surface area (Å²) in [5.74, 6) is 0. The van der Waals surface area contributed by atoms with Gasteiger partial charge in [-0.15, -0.1) is 0 Å². The lowest BCUT2D eigenvalue weighted by Crippen LogP contribution is -2.99. The molecule has 0 amide bonds. The molecule has 2 saturated carbocycles. The maximum atomic E-state index is 12.8. The van der Waals surface area contributed by atoms with Crippen molar-refractivity contribution in [1.82, 2.24) is 19.7 Å². The van der Waals surface area contributed by atoms with Crippen LogP contribution in [-0.4, -0.2) is 88.3 Å². The molecule has 5 atom stereocenters. The molecule has 0 bridgehead atoms. The molecule has 61 heavy (non-hydrogen) atoms. The van der Waals surface area contributed by atoms with E-state index in [1.165, 1.54) is 59.7 Å². The highest BCUT2D eigenvalue weighted by Gasteiger charge is 2.34. The first-order valence-corrected chi connectivity index (χ1v) is 23.6. The summed E-state index contributed by atoms with van der Waals surface area (Å²) in [7, 11) is -5.26. The number of aryl methyl sites for hydroxylation is 2. The Morgan fingerprint density at radius 2 is 1.20 bits per heavy atom. The normalized spacial score (nSPS) is 19.3. The minimum Gasteiger partial charge on any atom is -0.630 e. The highest BCUT2D eigenvalue weighted by atomic mass is 35.5. The minimum atomic E-state index is -3.70. The van der Waals surface area contributed by atoms with Crippen LogP contribution < -0.4 is 25.5 Å². The number of halogens is 2. The van der Waals surface area contributed by atoms with Crippen LogP contribution in [0.5, 0.6) is 0 Å². The van der Waals surface area contributed by atoms with E-state index in [-0.39, 0.29) is 45.1 Å². The number of likely N-dealkylation sites (N-methyl/N-ethyl adjacent to an activating group) is 1. The van der Waals surface area contributed by atoms with Crippen molar-refractivity contribution < 1.29 is 43.0 Å². The van der Waals surface area contributed by atoms with Crippen LogP contribution in [0.1, 0.15) is 62.5 Å². The summed E-state index contributed by atoms with van der Waals surface area (Å²) in [6, 6.07) is 27.0. The Morgan fingerprint density at radius 1 is 0.738 bits per heavy atom. The van der Waals surface area contributed by atoms with Crippen LogP contribution in [0.3, 0.4) is 0 Å². The van der Waals surface area contributed by atoms with Crippen molar-refractivity contribution in [1.29, 1.82) is 0 Å². The quantitative estimate of drug-likeness (QED) is 0.0366. The number of sulfonamides is 2. The molecule has 0 spiro atoms. The standard InChI is InChI=1S/C21H28ClN3O4S.C20H26ClN3O3S.CH2O.H2O/c1-24(15-3-4-16-7-9-17(22)10-8-16)21-6-2-5-20(21)23-30(28,29)19-13-11-18(12-14-19)25(26)27;21-16-8-6-15(7-9-16)3-2-14-22-19-4-1-5-20(19)24-28(26,27)18-12-10-17(23-25)11-13-18;1-2;/h7-14,20-21,23,25-26H,2-6,15H2,1H3;6-13,19-20,22,24H,1-5,14,23H2;1H2;1H2/p+1/t20-,21-;19-,20-;;/m11../s1. The summed E-state index contributed by atoms with van der Waals surface area (Å²) < 4.78 is 56.5. The molecule has 0 saturated heterocycles. The number of hydrogen-bond donors (Lipinski definition) is 6. The van der Waals surface area contributed by atoms with Gasteiger partial charge in [0.05, 0.1) is 9.79 Å². The van der Waals surface area contributed by atoms with Crippen molar-refractivity contribution in [3.63, 3.8) is 0 Å². The number of rotatable bonds is 18. The van der Waals surface area contributed by atoms with Crippen molar-refractivity contribution in [3.05, 3.63) is 129 Å². The van der Waals surface area contributed by atoms with E-state index in [2.05, 4.69) is 26.4 Å². The van der Waals surface area contributed by atoms with Gasteiger partial charge < -0.3 is 31.6 Å². The van der Waals surface area contributed by atoms with E-state index in [0.717, 1.165) is 87.3 Å². The second kappa shape index (κ2) is 25.7. The van der Waals surface area contributed by atoms with Gasteiger partial charge in [0.2, 0.25) is 20.0 Å². The predicted octanol–water partition coefficient (Wildman–Crippen LogP) is 3.93. The van der Waals surface area contributed by atoms with Crippen LogP contribution >= 0.6 is 23.2 Å². The van der Waals surface area contributed by atoms with Crippen LogP contribution in [-0.2, 0) is 32.9 Å². The van der Waals surface area contributed by atoms with Crippen molar-refractivity contribution >= 4 is 61.4 Å². The maximum absolute atomic E-state index is 12.8. The molecule has 0 aliphatic heterocycles. The predicted molar refractivity (Wildman–Crippen MR) is 240 cm³/mol. The summed E-state index contributed by atoms with van der Waals surface area (Å²) in [5.41, 5.74) is 3.70. The fourth-order valence-corrected chi connectivity index (χ4v) is 10.4. The van der Waals surface area contributed by atoms with E-state index >= 15 is 0 Å². The molecule has 0 radical (unpaired) electrons. The van der Waals surface area contributed by atoms with Gasteiger partial charge in [-0.2, -0.15) is 5.23 Å². The Balaban J connectivity index is 0.000000308. The number of benzene rings is 4. The first-order valence-electron chi connectivity index (χ1n) is 19.9. The Labute approximate surface area is 369 Å². The first-order chi connectivity index (χ1) is 28.7. The Kier molecular flexibility index (Phi) is 21.9. The molecule has 0 heterocycles. The summed E-state index contributed by atoms with van der Waals surface area (Å²) >= 11 is 11.8. The SMILES string of the molecule is C=[OH+].CN(CCCc1ccc(Cl)cc1)[C@@H]1CCC[C@H]1NS(=O)(=O)c1ccc([NH+]([O-])O)cc1.O.O=S(=O)(N[C@@H]1CCC[C@H]1NCCCc1ccc(Cl)cc1)c1ccc([NH2+][O-])cc1. The Hall–Kier alpha value is -3.37. The highest BCUT2D eigenvalue weighted by Crippen LogP contribution is 2.26. The molecule has 6 rings (SSSR count).